The van der Waals surface area contributed by atoms with Gasteiger partial charge in [-0.05, 0) is 105 Å². The number of carbonyl (C=O) groups is 1. The SMILES string of the molecule is CCC(CC)(OC(=O)C1CC2CC1C(C)C2C)C1CCC2C3CCC(C3)C21. The van der Waals surface area contributed by atoms with Crippen LogP contribution in [0, 0.1) is 59.2 Å². The molecule has 27 heavy (non-hydrogen) atoms. The fourth-order valence-electron chi connectivity index (χ4n) is 9.17. The maximum Gasteiger partial charge on any atom is 0.309 e. The molecule has 2 nitrogen and oxygen atoms in total. The summed E-state index contributed by atoms with van der Waals surface area (Å²) in [5.74, 6) is 7.59. The molecule has 0 saturated heterocycles. The number of ether oxygens (including phenoxy) is 1. The summed E-state index contributed by atoms with van der Waals surface area (Å²) in [5, 5.41) is 0. The lowest BCUT2D eigenvalue weighted by atomic mass is 9.69. The third kappa shape index (κ3) is 2.53. The molecular formula is C25H40O2. The van der Waals surface area contributed by atoms with Crippen LogP contribution in [0.5, 0.6) is 0 Å². The van der Waals surface area contributed by atoms with Gasteiger partial charge in [0.05, 0.1) is 5.92 Å². The van der Waals surface area contributed by atoms with Gasteiger partial charge in [0.2, 0.25) is 0 Å². The summed E-state index contributed by atoms with van der Waals surface area (Å²) in [6.07, 6.45) is 11.5. The average molecular weight is 373 g/mol. The summed E-state index contributed by atoms with van der Waals surface area (Å²) in [4.78, 5) is 13.4. The van der Waals surface area contributed by atoms with E-state index in [0.717, 1.165) is 54.8 Å². The minimum absolute atomic E-state index is 0.177. The third-order valence-corrected chi connectivity index (χ3v) is 10.8. The lowest BCUT2D eigenvalue weighted by molar-refractivity contribution is -0.179. The van der Waals surface area contributed by atoms with E-state index >= 15 is 0 Å². The van der Waals surface area contributed by atoms with Crippen LogP contribution < -0.4 is 0 Å². The molecule has 0 spiro atoms. The molecule has 4 bridgehead atoms. The lowest BCUT2D eigenvalue weighted by Gasteiger charge is -2.44. The van der Waals surface area contributed by atoms with Gasteiger partial charge in [-0.2, -0.15) is 0 Å². The topological polar surface area (TPSA) is 26.3 Å². The van der Waals surface area contributed by atoms with E-state index in [-0.39, 0.29) is 17.5 Å². The van der Waals surface area contributed by atoms with Crippen LogP contribution in [-0.2, 0) is 9.53 Å². The number of carbonyl (C=O) groups excluding carboxylic acids is 1. The van der Waals surface area contributed by atoms with Gasteiger partial charge in [-0.25, -0.2) is 0 Å². The number of hydrogen-bond acceptors (Lipinski definition) is 2. The van der Waals surface area contributed by atoms with Gasteiger partial charge in [-0.1, -0.05) is 27.7 Å². The van der Waals surface area contributed by atoms with Gasteiger partial charge in [-0.15, -0.1) is 0 Å². The first-order valence-electron chi connectivity index (χ1n) is 12.2. The Morgan fingerprint density at radius 1 is 0.852 bits per heavy atom. The Morgan fingerprint density at radius 2 is 1.59 bits per heavy atom. The standard InChI is InChI=1S/C25H40O2/c1-5-25(6-2,22-10-9-19-16-7-8-17(11-16)23(19)22)27-24(26)21-13-18-12-20(21)15(4)14(18)3/h14-23H,5-13H2,1-4H3. The van der Waals surface area contributed by atoms with E-state index < -0.39 is 0 Å². The van der Waals surface area contributed by atoms with Crippen molar-refractivity contribution in [2.75, 3.05) is 0 Å². The number of rotatable bonds is 5. The predicted molar refractivity (Wildman–Crippen MR) is 108 cm³/mol. The van der Waals surface area contributed by atoms with E-state index in [9.17, 15) is 4.79 Å². The Hall–Kier alpha value is -0.530. The Balaban J connectivity index is 1.34. The molecule has 5 rings (SSSR count). The van der Waals surface area contributed by atoms with E-state index in [4.69, 9.17) is 4.74 Å². The molecule has 5 fully saturated rings. The molecule has 5 aliphatic carbocycles. The molecule has 152 valence electrons. The molecule has 0 amide bonds. The second-order valence-corrected chi connectivity index (χ2v) is 11.2. The summed E-state index contributed by atoms with van der Waals surface area (Å²) in [6, 6.07) is 0. The van der Waals surface area contributed by atoms with Crippen LogP contribution in [-0.4, -0.2) is 11.6 Å². The van der Waals surface area contributed by atoms with Crippen LogP contribution in [0.4, 0.5) is 0 Å². The maximum atomic E-state index is 13.4. The fraction of sp³-hybridized carbons (Fsp3) is 0.960. The van der Waals surface area contributed by atoms with Crippen LogP contribution in [0.1, 0.15) is 85.5 Å². The molecule has 10 unspecified atom stereocenters. The van der Waals surface area contributed by atoms with Crippen LogP contribution in [0.25, 0.3) is 0 Å². The van der Waals surface area contributed by atoms with E-state index in [2.05, 4.69) is 27.7 Å². The zero-order valence-electron chi connectivity index (χ0n) is 18.0. The number of fused-ring (bicyclic) bond motifs is 7. The molecule has 0 heterocycles. The van der Waals surface area contributed by atoms with Crippen LogP contribution in [0.3, 0.4) is 0 Å². The minimum Gasteiger partial charge on any atom is -0.459 e. The molecule has 0 radical (unpaired) electrons. The first-order valence-corrected chi connectivity index (χ1v) is 12.2. The van der Waals surface area contributed by atoms with Crippen LogP contribution in [0.2, 0.25) is 0 Å². The molecule has 10 atom stereocenters. The molecule has 5 saturated carbocycles. The second kappa shape index (κ2) is 6.49. The summed E-state index contributed by atoms with van der Waals surface area (Å²) in [5.41, 5.74) is -0.183. The Morgan fingerprint density at radius 3 is 2.26 bits per heavy atom. The minimum atomic E-state index is -0.183. The van der Waals surface area contributed by atoms with Crippen molar-refractivity contribution < 1.29 is 9.53 Å². The van der Waals surface area contributed by atoms with Crippen molar-refractivity contribution in [3.63, 3.8) is 0 Å². The van der Waals surface area contributed by atoms with Crippen molar-refractivity contribution in [3.05, 3.63) is 0 Å². The summed E-state index contributed by atoms with van der Waals surface area (Å²) in [7, 11) is 0. The molecule has 2 heteroatoms. The molecule has 0 aromatic carbocycles. The lowest BCUT2D eigenvalue weighted by Crippen LogP contribution is -2.47. The molecule has 5 aliphatic rings. The van der Waals surface area contributed by atoms with E-state index in [0.29, 0.717) is 17.8 Å². The Kier molecular flexibility index (Phi) is 4.45. The number of hydrogen-bond donors (Lipinski definition) is 0. The fourth-order valence-corrected chi connectivity index (χ4v) is 9.17. The van der Waals surface area contributed by atoms with Crippen molar-refractivity contribution in [1.29, 1.82) is 0 Å². The quantitative estimate of drug-likeness (QED) is 0.546. The largest absolute Gasteiger partial charge is 0.459 e. The van der Waals surface area contributed by atoms with Gasteiger partial charge in [0.15, 0.2) is 0 Å². The van der Waals surface area contributed by atoms with Crippen molar-refractivity contribution in [3.8, 4) is 0 Å². The zero-order valence-corrected chi connectivity index (χ0v) is 18.0. The smallest absolute Gasteiger partial charge is 0.309 e. The molecular weight excluding hydrogens is 332 g/mol. The van der Waals surface area contributed by atoms with Crippen molar-refractivity contribution in [1.82, 2.24) is 0 Å². The Bertz CT molecular complexity index is 591. The van der Waals surface area contributed by atoms with Crippen molar-refractivity contribution >= 4 is 5.97 Å². The van der Waals surface area contributed by atoms with E-state index in [1.165, 1.54) is 38.5 Å². The van der Waals surface area contributed by atoms with Gasteiger partial charge in [0.1, 0.15) is 5.60 Å². The van der Waals surface area contributed by atoms with Gasteiger partial charge >= 0.3 is 5.97 Å². The summed E-state index contributed by atoms with van der Waals surface area (Å²) < 4.78 is 6.62. The van der Waals surface area contributed by atoms with Gasteiger partial charge < -0.3 is 4.74 Å². The Labute approximate surface area is 166 Å². The molecule has 0 aromatic rings. The monoisotopic (exact) mass is 372 g/mol. The van der Waals surface area contributed by atoms with Crippen molar-refractivity contribution in [2.45, 2.75) is 91.1 Å². The third-order valence-electron chi connectivity index (χ3n) is 10.8. The van der Waals surface area contributed by atoms with Crippen molar-refractivity contribution in [2.24, 2.45) is 59.2 Å². The first kappa shape index (κ1) is 18.5. The van der Waals surface area contributed by atoms with Gasteiger partial charge in [-0.3, -0.25) is 4.79 Å². The molecule has 0 N–H and O–H groups in total. The van der Waals surface area contributed by atoms with Gasteiger partial charge in [0, 0.05) is 5.92 Å². The van der Waals surface area contributed by atoms with E-state index in [1.54, 1.807) is 0 Å². The maximum absolute atomic E-state index is 13.4. The normalized spacial score (nSPS) is 50.4. The molecule has 0 aromatic heterocycles. The summed E-state index contributed by atoms with van der Waals surface area (Å²) >= 11 is 0. The van der Waals surface area contributed by atoms with E-state index in [1.807, 2.05) is 0 Å². The highest BCUT2D eigenvalue weighted by Gasteiger charge is 2.59. The summed E-state index contributed by atoms with van der Waals surface area (Å²) in [6.45, 7) is 9.33. The predicted octanol–water partition coefficient (Wildman–Crippen LogP) is 6.09. The first-order chi connectivity index (χ1) is 13.0. The zero-order chi connectivity index (χ0) is 18.9. The average Bonchev–Trinajstić information content (AvgIpc) is 3.46. The molecule has 0 aliphatic heterocycles. The van der Waals surface area contributed by atoms with Gasteiger partial charge in [0.25, 0.3) is 0 Å². The highest BCUT2D eigenvalue weighted by molar-refractivity contribution is 5.74. The highest BCUT2D eigenvalue weighted by Crippen LogP contribution is 2.64. The number of esters is 1. The van der Waals surface area contributed by atoms with Crippen LogP contribution >= 0.6 is 0 Å². The van der Waals surface area contributed by atoms with Crippen LogP contribution in [0.15, 0.2) is 0 Å². The second-order valence-electron chi connectivity index (χ2n) is 11.2. The highest BCUT2D eigenvalue weighted by atomic mass is 16.6.